The second kappa shape index (κ2) is 13.6. The van der Waals surface area contributed by atoms with E-state index >= 15 is 0 Å². The van der Waals surface area contributed by atoms with Crippen LogP contribution in [0.25, 0.3) is 0 Å². The van der Waals surface area contributed by atoms with Gasteiger partial charge in [0.15, 0.2) is 5.96 Å². The Kier molecular flexibility index (Phi) is 11.9. The van der Waals surface area contributed by atoms with Crippen LogP contribution in [0, 0.1) is 0 Å². The number of ether oxygens (including phenoxy) is 1. The number of guanidine groups is 1. The number of likely N-dealkylation sites (N-methyl/N-ethyl adjacent to an activating group) is 1. The molecule has 1 aliphatic rings. The zero-order chi connectivity index (χ0) is 19.5. The van der Waals surface area contributed by atoms with E-state index in [1.165, 1.54) is 19.4 Å². The number of aliphatic imine (C=N–C) groups is 1. The molecule has 8 heteroatoms. The number of benzene rings is 1. The van der Waals surface area contributed by atoms with Crippen molar-refractivity contribution in [2.24, 2.45) is 4.99 Å². The van der Waals surface area contributed by atoms with Crippen molar-refractivity contribution in [3.63, 3.8) is 0 Å². The summed E-state index contributed by atoms with van der Waals surface area (Å²) in [6.07, 6.45) is 2.48. The molecule has 1 fully saturated rings. The van der Waals surface area contributed by atoms with E-state index in [-0.39, 0.29) is 29.9 Å². The summed E-state index contributed by atoms with van der Waals surface area (Å²) in [7, 11) is 1.61. The predicted octanol–water partition coefficient (Wildman–Crippen LogP) is 2.08. The fourth-order valence-corrected chi connectivity index (χ4v) is 3.26. The van der Waals surface area contributed by atoms with Gasteiger partial charge in [-0.05, 0) is 57.1 Å². The van der Waals surface area contributed by atoms with Crippen LogP contribution in [0.3, 0.4) is 0 Å². The van der Waals surface area contributed by atoms with Crippen LogP contribution in [0.1, 0.15) is 37.0 Å². The van der Waals surface area contributed by atoms with Crippen molar-refractivity contribution >= 4 is 35.8 Å². The Bertz CT molecular complexity index is 609. The topological polar surface area (TPSA) is 78.0 Å². The number of rotatable bonds is 9. The van der Waals surface area contributed by atoms with Crippen LogP contribution in [0.2, 0.25) is 0 Å². The summed E-state index contributed by atoms with van der Waals surface area (Å²) in [6, 6.07) is 7.63. The number of likely N-dealkylation sites (tertiary alicyclic amines) is 1. The minimum Gasteiger partial charge on any atom is -0.497 e. The molecule has 0 radical (unpaired) electrons. The Morgan fingerprint density at radius 1 is 1.18 bits per heavy atom. The summed E-state index contributed by atoms with van der Waals surface area (Å²) in [5.41, 5.74) is 0.622. The fraction of sp³-hybridized carbons (Fsp3) is 0.600. The molecule has 0 spiro atoms. The molecule has 1 saturated heterocycles. The molecule has 0 saturated carbocycles. The van der Waals surface area contributed by atoms with Gasteiger partial charge in [-0.15, -0.1) is 24.0 Å². The number of hydrogen-bond donors (Lipinski definition) is 3. The van der Waals surface area contributed by atoms with Crippen molar-refractivity contribution in [2.75, 3.05) is 46.4 Å². The van der Waals surface area contributed by atoms with Gasteiger partial charge in [-0.25, -0.2) is 0 Å². The molecule has 0 aliphatic carbocycles. The van der Waals surface area contributed by atoms with Gasteiger partial charge in [0.05, 0.1) is 13.7 Å². The number of carbonyl (C=O) groups is 1. The van der Waals surface area contributed by atoms with Gasteiger partial charge in [0.2, 0.25) is 0 Å². The Hall–Kier alpha value is -1.55. The zero-order valence-corrected chi connectivity index (χ0v) is 19.5. The van der Waals surface area contributed by atoms with Crippen molar-refractivity contribution in [3.8, 4) is 5.75 Å². The van der Waals surface area contributed by atoms with Crippen LogP contribution in [-0.2, 0) is 0 Å². The Morgan fingerprint density at radius 3 is 2.54 bits per heavy atom. The molecule has 2 rings (SSSR count). The summed E-state index contributed by atoms with van der Waals surface area (Å²) < 4.78 is 5.11. The number of halogens is 1. The van der Waals surface area contributed by atoms with Gasteiger partial charge in [0.1, 0.15) is 5.75 Å². The van der Waals surface area contributed by atoms with Crippen LogP contribution in [0.5, 0.6) is 5.75 Å². The third-order valence-corrected chi connectivity index (χ3v) is 4.76. The first kappa shape index (κ1) is 24.5. The molecule has 0 aromatic heterocycles. The van der Waals surface area contributed by atoms with Crippen molar-refractivity contribution in [2.45, 2.75) is 32.7 Å². The van der Waals surface area contributed by atoms with E-state index in [2.05, 4.69) is 34.7 Å². The second-order valence-electron chi connectivity index (χ2n) is 6.56. The van der Waals surface area contributed by atoms with Gasteiger partial charge in [0, 0.05) is 31.2 Å². The smallest absolute Gasteiger partial charge is 0.251 e. The first-order valence-electron chi connectivity index (χ1n) is 9.86. The number of hydrogen-bond acceptors (Lipinski definition) is 4. The van der Waals surface area contributed by atoms with Crippen LogP contribution < -0.4 is 20.7 Å². The van der Waals surface area contributed by atoms with Gasteiger partial charge < -0.3 is 20.7 Å². The highest BCUT2D eigenvalue weighted by molar-refractivity contribution is 14.0. The first-order chi connectivity index (χ1) is 13.2. The molecule has 3 N–H and O–H groups in total. The third kappa shape index (κ3) is 7.83. The minimum absolute atomic E-state index is 0. The van der Waals surface area contributed by atoms with Gasteiger partial charge in [-0.3, -0.25) is 14.7 Å². The Balaban J connectivity index is 0.00000392. The van der Waals surface area contributed by atoms with Crippen molar-refractivity contribution in [1.29, 1.82) is 0 Å². The molecule has 1 amide bonds. The van der Waals surface area contributed by atoms with Gasteiger partial charge >= 0.3 is 0 Å². The molecular weight excluding hydrogens is 469 g/mol. The average molecular weight is 503 g/mol. The number of nitrogens with zero attached hydrogens (tertiary/aromatic N) is 2. The summed E-state index contributed by atoms with van der Waals surface area (Å²) in [6.45, 7) is 9.29. The molecule has 28 heavy (non-hydrogen) atoms. The maximum atomic E-state index is 12.2. The Labute approximate surface area is 185 Å². The SMILES string of the molecule is CCNC(=NCC1CCCN1CC)NCCNC(=O)c1ccc(OC)cc1.I. The monoisotopic (exact) mass is 503 g/mol. The maximum Gasteiger partial charge on any atom is 0.251 e. The number of amides is 1. The molecule has 1 aromatic rings. The van der Waals surface area contributed by atoms with Crippen molar-refractivity contribution in [3.05, 3.63) is 29.8 Å². The van der Waals surface area contributed by atoms with Crippen molar-refractivity contribution in [1.82, 2.24) is 20.9 Å². The quantitative estimate of drug-likeness (QED) is 0.208. The fourth-order valence-electron chi connectivity index (χ4n) is 3.26. The van der Waals surface area contributed by atoms with Crippen LogP contribution in [0.4, 0.5) is 0 Å². The molecule has 158 valence electrons. The molecule has 7 nitrogen and oxygen atoms in total. The Morgan fingerprint density at radius 2 is 1.89 bits per heavy atom. The summed E-state index contributed by atoms with van der Waals surface area (Å²) in [5, 5.41) is 9.47. The highest BCUT2D eigenvalue weighted by Crippen LogP contribution is 2.16. The predicted molar refractivity (Wildman–Crippen MR) is 125 cm³/mol. The van der Waals surface area contributed by atoms with E-state index in [4.69, 9.17) is 9.73 Å². The molecule has 1 unspecified atom stereocenters. The lowest BCUT2D eigenvalue weighted by Gasteiger charge is -2.21. The van der Waals surface area contributed by atoms with Crippen molar-refractivity contribution < 1.29 is 9.53 Å². The van der Waals surface area contributed by atoms with Crippen LogP contribution >= 0.6 is 24.0 Å². The standard InChI is InChI=1S/C20H33N5O2.HI/c1-4-21-20(24-15-17-7-6-14-25(17)5-2)23-13-12-22-19(26)16-8-10-18(27-3)11-9-16;/h8-11,17H,4-7,12-15H2,1-3H3,(H,22,26)(H2,21,23,24);1H. The molecule has 1 aliphatic heterocycles. The lowest BCUT2D eigenvalue weighted by atomic mass is 10.2. The molecular formula is C20H34IN5O2. The summed E-state index contributed by atoms with van der Waals surface area (Å²) in [5.74, 6) is 1.45. The van der Waals surface area contributed by atoms with E-state index < -0.39 is 0 Å². The van der Waals surface area contributed by atoms with Crippen LogP contribution in [0.15, 0.2) is 29.3 Å². The normalized spacial score (nSPS) is 17.0. The first-order valence-corrected chi connectivity index (χ1v) is 9.86. The maximum absolute atomic E-state index is 12.2. The molecule has 1 aromatic carbocycles. The average Bonchev–Trinajstić information content (AvgIpc) is 3.16. The molecule has 1 atom stereocenters. The largest absolute Gasteiger partial charge is 0.497 e. The highest BCUT2D eigenvalue weighted by atomic mass is 127. The highest BCUT2D eigenvalue weighted by Gasteiger charge is 2.22. The van der Waals surface area contributed by atoms with Gasteiger partial charge in [-0.2, -0.15) is 0 Å². The molecule has 1 heterocycles. The zero-order valence-electron chi connectivity index (χ0n) is 17.2. The van der Waals surface area contributed by atoms with E-state index in [9.17, 15) is 4.79 Å². The van der Waals surface area contributed by atoms with E-state index in [0.29, 0.717) is 24.7 Å². The lowest BCUT2D eigenvalue weighted by Crippen LogP contribution is -2.42. The van der Waals surface area contributed by atoms with E-state index in [1.807, 2.05) is 0 Å². The van der Waals surface area contributed by atoms with E-state index in [0.717, 1.165) is 31.3 Å². The summed E-state index contributed by atoms with van der Waals surface area (Å²) >= 11 is 0. The summed E-state index contributed by atoms with van der Waals surface area (Å²) in [4.78, 5) is 19.4. The number of methoxy groups -OCH3 is 1. The lowest BCUT2D eigenvalue weighted by molar-refractivity contribution is 0.0954. The third-order valence-electron chi connectivity index (χ3n) is 4.76. The number of nitrogens with one attached hydrogen (secondary N) is 3. The van der Waals surface area contributed by atoms with E-state index in [1.54, 1.807) is 31.4 Å². The van der Waals surface area contributed by atoms with Gasteiger partial charge in [0.25, 0.3) is 5.91 Å². The van der Waals surface area contributed by atoms with Gasteiger partial charge in [-0.1, -0.05) is 6.92 Å². The van der Waals surface area contributed by atoms with Crippen LogP contribution in [-0.4, -0.2) is 69.2 Å². The second-order valence-corrected chi connectivity index (χ2v) is 6.56. The number of carbonyl (C=O) groups excluding carboxylic acids is 1. The molecule has 0 bridgehead atoms. The minimum atomic E-state index is -0.0917.